The Bertz CT molecular complexity index is 649. The van der Waals surface area contributed by atoms with Crippen LogP contribution in [0.2, 0.25) is 0 Å². The minimum Gasteiger partial charge on any atom is -0.394 e. The number of anilines is 1. The Labute approximate surface area is 130 Å². The second kappa shape index (κ2) is 4.88. The summed E-state index contributed by atoms with van der Waals surface area (Å²) in [6.45, 7) is -0.301. The number of aliphatic hydroxyl groups is 2. The van der Waals surface area contributed by atoms with E-state index in [2.05, 4.69) is 46.9 Å². The van der Waals surface area contributed by atoms with Gasteiger partial charge < -0.3 is 20.7 Å². The molecule has 1 unspecified atom stereocenters. The molecule has 20 heavy (non-hydrogen) atoms. The summed E-state index contributed by atoms with van der Waals surface area (Å²) < 4.78 is 6.22. The molecule has 10 heteroatoms. The van der Waals surface area contributed by atoms with Gasteiger partial charge in [0.15, 0.2) is 11.5 Å². The molecular formula is C10H11Br2N5O3. The van der Waals surface area contributed by atoms with E-state index in [1.54, 1.807) is 6.20 Å². The number of fused-ring (bicyclic) bond motifs is 1. The van der Waals surface area contributed by atoms with Crippen molar-refractivity contribution in [3.05, 3.63) is 18.2 Å². The van der Waals surface area contributed by atoms with Crippen molar-refractivity contribution in [2.24, 2.45) is 0 Å². The van der Waals surface area contributed by atoms with Crippen molar-refractivity contribution in [2.45, 2.75) is 21.5 Å². The van der Waals surface area contributed by atoms with E-state index >= 15 is 0 Å². The summed E-state index contributed by atoms with van der Waals surface area (Å²) >= 11 is 6.79. The molecule has 3 rings (SSSR count). The van der Waals surface area contributed by atoms with Crippen LogP contribution in [0.25, 0.3) is 5.65 Å². The quantitative estimate of drug-likeness (QED) is 0.597. The van der Waals surface area contributed by atoms with Crippen LogP contribution in [-0.4, -0.2) is 51.8 Å². The highest BCUT2D eigenvalue weighted by molar-refractivity contribution is 9.25. The standard InChI is InChI=1S/C10H11Br2N5O3/c11-10(12)6(19)5(2-18)20-7(10)4-1-14-9-8(13)15-3-16-17(4)9/h1,3,5-7,18-19H,2H2,(H2,13,15,16)/t5-,6?,7+/m1/s1. The van der Waals surface area contributed by atoms with Gasteiger partial charge in [-0.1, -0.05) is 31.9 Å². The Balaban J connectivity index is 2.10. The molecule has 0 radical (unpaired) electrons. The molecule has 1 fully saturated rings. The van der Waals surface area contributed by atoms with Crippen LogP contribution in [-0.2, 0) is 4.74 Å². The Kier molecular flexibility index (Phi) is 3.45. The first-order valence-electron chi connectivity index (χ1n) is 5.73. The lowest BCUT2D eigenvalue weighted by molar-refractivity contribution is -0.0240. The Hall–Kier alpha value is -0.810. The molecule has 1 aliphatic heterocycles. The topological polar surface area (TPSA) is 119 Å². The van der Waals surface area contributed by atoms with Gasteiger partial charge in [0.25, 0.3) is 0 Å². The van der Waals surface area contributed by atoms with Crippen molar-refractivity contribution < 1.29 is 14.9 Å². The highest BCUT2D eigenvalue weighted by Crippen LogP contribution is 2.51. The summed E-state index contributed by atoms with van der Waals surface area (Å²) in [5, 5.41) is 23.5. The second-order valence-electron chi connectivity index (χ2n) is 4.42. The van der Waals surface area contributed by atoms with E-state index in [1.807, 2.05) is 0 Å². The zero-order valence-electron chi connectivity index (χ0n) is 10.0. The number of nitrogen functional groups attached to an aromatic ring is 1. The van der Waals surface area contributed by atoms with E-state index in [1.165, 1.54) is 10.8 Å². The lowest BCUT2D eigenvalue weighted by atomic mass is 10.1. The predicted molar refractivity (Wildman–Crippen MR) is 76.5 cm³/mol. The van der Waals surface area contributed by atoms with Gasteiger partial charge in [-0.05, 0) is 0 Å². The Morgan fingerprint density at radius 1 is 1.45 bits per heavy atom. The van der Waals surface area contributed by atoms with E-state index < -0.39 is 21.5 Å². The largest absolute Gasteiger partial charge is 0.394 e. The number of aromatic nitrogens is 4. The first kappa shape index (κ1) is 14.1. The maximum atomic E-state index is 10.1. The van der Waals surface area contributed by atoms with E-state index in [-0.39, 0.29) is 12.4 Å². The van der Waals surface area contributed by atoms with Crippen LogP contribution in [0.1, 0.15) is 11.8 Å². The first-order valence-corrected chi connectivity index (χ1v) is 7.31. The van der Waals surface area contributed by atoms with Crippen molar-refractivity contribution in [1.82, 2.24) is 19.6 Å². The number of alkyl halides is 2. The minimum atomic E-state index is -0.955. The molecule has 0 aliphatic carbocycles. The third kappa shape index (κ3) is 1.94. The highest BCUT2D eigenvalue weighted by atomic mass is 79.9. The lowest BCUT2D eigenvalue weighted by Gasteiger charge is -2.23. The van der Waals surface area contributed by atoms with E-state index in [0.29, 0.717) is 11.3 Å². The van der Waals surface area contributed by atoms with E-state index in [4.69, 9.17) is 10.5 Å². The van der Waals surface area contributed by atoms with Crippen molar-refractivity contribution in [1.29, 1.82) is 0 Å². The number of ether oxygens (including phenoxy) is 1. The number of hydrogen-bond donors (Lipinski definition) is 3. The van der Waals surface area contributed by atoms with Crippen molar-refractivity contribution >= 4 is 43.3 Å². The van der Waals surface area contributed by atoms with Gasteiger partial charge >= 0.3 is 0 Å². The van der Waals surface area contributed by atoms with Crippen molar-refractivity contribution in [3.63, 3.8) is 0 Å². The normalized spacial score (nSPS) is 29.1. The van der Waals surface area contributed by atoms with Crippen molar-refractivity contribution in [2.75, 3.05) is 12.3 Å². The van der Waals surface area contributed by atoms with Gasteiger partial charge in [-0.2, -0.15) is 5.10 Å². The summed E-state index contributed by atoms with van der Waals surface area (Å²) in [5.41, 5.74) is 6.72. The van der Waals surface area contributed by atoms with Gasteiger partial charge in [0.05, 0.1) is 18.5 Å². The molecule has 0 bridgehead atoms. The second-order valence-corrected chi connectivity index (χ2v) is 8.11. The molecule has 4 N–H and O–H groups in total. The molecule has 1 aliphatic rings. The average Bonchev–Trinajstić information content (AvgIpc) is 2.92. The summed E-state index contributed by atoms with van der Waals surface area (Å²) in [7, 11) is 0. The molecule has 2 aromatic rings. The molecule has 8 nitrogen and oxygen atoms in total. The third-order valence-corrected chi connectivity index (χ3v) is 4.98. The molecule has 3 heterocycles. The maximum absolute atomic E-state index is 10.1. The molecule has 0 amide bonds. The maximum Gasteiger partial charge on any atom is 0.196 e. The first-order chi connectivity index (χ1) is 9.46. The molecule has 0 aromatic carbocycles. The van der Waals surface area contributed by atoms with Gasteiger partial charge in [0, 0.05) is 0 Å². The fraction of sp³-hybridized carbons (Fsp3) is 0.500. The Morgan fingerprint density at radius 3 is 2.85 bits per heavy atom. The number of nitrogens with zero attached hydrogens (tertiary/aromatic N) is 4. The van der Waals surface area contributed by atoms with Crippen LogP contribution in [0, 0.1) is 0 Å². The molecule has 0 saturated carbocycles. The number of aliphatic hydroxyl groups excluding tert-OH is 2. The van der Waals surface area contributed by atoms with Crippen LogP contribution < -0.4 is 5.73 Å². The number of hydrogen-bond acceptors (Lipinski definition) is 7. The van der Waals surface area contributed by atoms with Crippen LogP contribution in [0.4, 0.5) is 5.82 Å². The molecule has 3 atom stereocenters. The van der Waals surface area contributed by atoms with Crippen LogP contribution in [0.5, 0.6) is 0 Å². The van der Waals surface area contributed by atoms with Crippen molar-refractivity contribution in [3.8, 4) is 0 Å². The number of halogens is 2. The zero-order chi connectivity index (χ0) is 14.5. The van der Waals surface area contributed by atoms with Crippen LogP contribution >= 0.6 is 31.9 Å². The summed E-state index contributed by atoms with van der Waals surface area (Å²) in [6, 6.07) is 0. The minimum absolute atomic E-state index is 0.248. The van der Waals surface area contributed by atoms with Crippen LogP contribution in [0.3, 0.4) is 0 Å². The molecule has 1 saturated heterocycles. The third-order valence-electron chi connectivity index (χ3n) is 3.21. The summed E-state index contributed by atoms with van der Waals surface area (Å²) in [5.74, 6) is 0.248. The summed E-state index contributed by atoms with van der Waals surface area (Å²) in [4.78, 5) is 8.01. The van der Waals surface area contributed by atoms with Gasteiger partial charge in [0.2, 0.25) is 0 Å². The highest BCUT2D eigenvalue weighted by Gasteiger charge is 2.54. The van der Waals surface area contributed by atoms with Gasteiger partial charge in [-0.3, -0.25) is 0 Å². The number of imidazole rings is 1. The predicted octanol–water partition coefficient (Wildman–Crippen LogP) is -0.0143. The number of nitrogens with two attached hydrogens (primary N) is 1. The lowest BCUT2D eigenvalue weighted by Crippen LogP contribution is -2.35. The molecule has 0 spiro atoms. The van der Waals surface area contributed by atoms with Crippen LogP contribution in [0.15, 0.2) is 12.5 Å². The average molecular weight is 409 g/mol. The fourth-order valence-corrected chi connectivity index (χ4v) is 3.46. The molecule has 108 valence electrons. The number of rotatable bonds is 2. The monoisotopic (exact) mass is 407 g/mol. The summed E-state index contributed by atoms with van der Waals surface area (Å²) in [6.07, 6.45) is 0.589. The van der Waals surface area contributed by atoms with E-state index in [9.17, 15) is 10.2 Å². The smallest absolute Gasteiger partial charge is 0.196 e. The molecular weight excluding hydrogens is 398 g/mol. The van der Waals surface area contributed by atoms with Gasteiger partial charge in [0.1, 0.15) is 27.9 Å². The van der Waals surface area contributed by atoms with E-state index in [0.717, 1.165) is 0 Å². The molecule has 2 aromatic heterocycles. The van der Waals surface area contributed by atoms with Gasteiger partial charge in [-0.15, -0.1) is 0 Å². The SMILES string of the molecule is Nc1ncnn2c([C@@H]3O[C@H](CO)C(O)C3(Br)Br)cnc12. The fourth-order valence-electron chi connectivity index (χ4n) is 2.18. The van der Waals surface area contributed by atoms with Gasteiger partial charge in [-0.25, -0.2) is 14.5 Å². The zero-order valence-corrected chi connectivity index (χ0v) is 13.2. The Morgan fingerprint density at radius 2 is 2.20 bits per heavy atom.